The molecule has 2 atom stereocenters. The number of esters is 2. The minimum Gasteiger partial charge on any atom is -0.468 e. The van der Waals surface area contributed by atoms with Crippen molar-refractivity contribution in [3.63, 3.8) is 0 Å². The van der Waals surface area contributed by atoms with E-state index in [2.05, 4.69) is 15.6 Å². The van der Waals surface area contributed by atoms with Crippen LogP contribution in [0.4, 0.5) is 4.79 Å². The average molecular weight is 494 g/mol. The predicted octanol–water partition coefficient (Wildman–Crippen LogP) is 3.23. The van der Waals surface area contributed by atoms with Crippen LogP contribution in [-0.2, 0) is 23.8 Å². The summed E-state index contributed by atoms with van der Waals surface area (Å²) in [5.41, 5.74) is 1.73. The van der Waals surface area contributed by atoms with Gasteiger partial charge in [-0.05, 0) is 38.3 Å². The Morgan fingerprint density at radius 3 is 2.56 bits per heavy atom. The molecule has 0 radical (unpaired) electrons. The van der Waals surface area contributed by atoms with Gasteiger partial charge in [0.1, 0.15) is 5.92 Å². The van der Waals surface area contributed by atoms with E-state index in [1.54, 1.807) is 45.2 Å². The predicted molar refractivity (Wildman–Crippen MR) is 129 cm³/mol. The molecule has 9 nitrogen and oxygen atoms in total. The maximum atomic E-state index is 13.1. The number of amides is 2. The number of methoxy groups -OCH3 is 1. The summed E-state index contributed by atoms with van der Waals surface area (Å²) >= 11 is 6.49. The van der Waals surface area contributed by atoms with E-state index in [-0.39, 0.29) is 24.8 Å². The summed E-state index contributed by atoms with van der Waals surface area (Å²) in [5.74, 6) is -2.65. The average Bonchev–Trinajstić information content (AvgIpc) is 2.82. The van der Waals surface area contributed by atoms with Gasteiger partial charge in [-0.3, -0.25) is 9.79 Å². The van der Waals surface area contributed by atoms with Crippen LogP contribution in [-0.4, -0.2) is 64.2 Å². The number of aliphatic imine (C=N–C) groups is 1. The second-order valence-corrected chi connectivity index (χ2v) is 8.01. The first-order valence-electron chi connectivity index (χ1n) is 11.2. The highest BCUT2D eigenvalue weighted by molar-refractivity contribution is 6.31. The smallest absolute Gasteiger partial charge is 0.336 e. The van der Waals surface area contributed by atoms with Crippen molar-refractivity contribution in [3.05, 3.63) is 46.1 Å². The number of ether oxygens (including phenoxy) is 3. The van der Waals surface area contributed by atoms with Gasteiger partial charge in [0.2, 0.25) is 0 Å². The molecular formula is C24H32ClN3O6. The van der Waals surface area contributed by atoms with Crippen molar-refractivity contribution >= 4 is 35.3 Å². The van der Waals surface area contributed by atoms with Crippen LogP contribution in [0.5, 0.6) is 0 Å². The summed E-state index contributed by atoms with van der Waals surface area (Å²) < 4.78 is 16.2. The molecule has 0 aromatic heterocycles. The number of hydrogen-bond acceptors (Lipinski definition) is 7. The van der Waals surface area contributed by atoms with Crippen LogP contribution in [0.3, 0.4) is 0 Å². The molecule has 1 aliphatic rings. The first-order chi connectivity index (χ1) is 16.3. The Labute approximate surface area is 204 Å². The van der Waals surface area contributed by atoms with Crippen molar-refractivity contribution in [2.45, 2.75) is 32.6 Å². The maximum absolute atomic E-state index is 13.1. The molecule has 1 heterocycles. The summed E-state index contributed by atoms with van der Waals surface area (Å²) in [5, 5.41) is 5.62. The van der Waals surface area contributed by atoms with Gasteiger partial charge >= 0.3 is 18.0 Å². The molecule has 2 N–H and O–H groups in total. The maximum Gasteiger partial charge on any atom is 0.336 e. The molecule has 10 heteroatoms. The normalized spacial score (nSPS) is 17.6. The van der Waals surface area contributed by atoms with E-state index in [4.69, 9.17) is 25.8 Å². The fraction of sp³-hybridized carbons (Fsp3) is 0.500. The molecule has 0 saturated heterocycles. The summed E-state index contributed by atoms with van der Waals surface area (Å²) in [4.78, 5) is 41.6. The van der Waals surface area contributed by atoms with Crippen LogP contribution in [0.2, 0.25) is 5.02 Å². The standard InChI is InChI=1S/C24H32ClN3O6/c1-5-34-23(30)21-18(14-33-13-9-8-12-27-24(31)26-3)28-15(2)19(22(29)32-4)20(21)16-10-6-7-11-17(16)25/h6-7,10-11,19-20H,5,8-9,12-14H2,1-4H3,(H2,26,27,31). The first kappa shape index (κ1) is 27.3. The third-order valence-corrected chi connectivity index (χ3v) is 5.72. The van der Waals surface area contributed by atoms with Crippen LogP contribution < -0.4 is 10.6 Å². The van der Waals surface area contributed by atoms with E-state index in [0.717, 1.165) is 6.42 Å². The lowest BCUT2D eigenvalue weighted by Gasteiger charge is -2.32. The van der Waals surface area contributed by atoms with Gasteiger partial charge in [0.05, 0.1) is 31.6 Å². The summed E-state index contributed by atoms with van der Waals surface area (Å²) in [6.45, 7) is 4.57. The van der Waals surface area contributed by atoms with E-state index in [1.165, 1.54) is 7.11 Å². The Morgan fingerprint density at radius 1 is 1.18 bits per heavy atom. The lowest BCUT2D eigenvalue weighted by atomic mass is 9.75. The zero-order valence-corrected chi connectivity index (χ0v) is 20.7. The number of unbranched alkanes of at least 4 members (excludes halogenated alkanes) is 1. The molecule has 2 unspecified atom stereocenters. The van der Waals surface area contributed by atoms with E-state index < -0.39 is 23.8 Å². The van der Waals surface area contributed by atoms with Crippen molar-refractivity contribution in [1.82, 2.24) is 10.6 Å². The molecule has 0 aliphatic carbocycles. The van der Waals surface area contributed by atoms with Gasteiger partial charge in [0.25, 0.3) is 0 Å². The van der Waals surface area contributed by atoms with Crippen molar-refractivity contribution in [3.8, 4) is 0 Å². The van der Waals surface area contributed by atoms with Crippen molar-refractivity contribution < 1.29 is 28.6 Å². The molecule has 0 bridgehead atoms. The number of benzene rings is 1. The number of nitrogens with one attached hydrogen (secondary N) is 2. The van der Waals surface area contributed by atoms with Gasteiger partial charge in [-0.2, -0.15) is 0 Å². The zero-order chi connectivity index (χ0) is 25.1. The minimum atomic E-state index is -0.830. The Hall–Kier alpha value is -2.91. The molecule has 2 amide bonds. The minimum absolute atomic E-state index is 0.0587. The molecule has 1 aliphatic heterocycles. The highest BCUT2D eigenvalue weighted by Crippen LogP contribution is 2.42. The number of hydrogen-bond donors (Lipinski definition) is 2. The number of urea groups is 1. The van der Waals surface area contributed by atoms with Gasteiger partial charge in [-0.1, -0.05) is 29.8 Å². The lowest BCUT2D eigenvalue weighted by molar-refractivity contribution is -0.144. The zero-order valence-electron chi connectivity index (χ0n) is 20.0. The van der Waals surface area contributed by atoms with Crippen LogP contribution >= 0.6 is 11.6 Å². The van der Waals surface area contributed by atoms with Crippen LogP contribution in [0.15, 0.2) is 40.5 Å². The van der Waals surface area contributed by atoms with Crippen LogP contribution in [0.25, 0.3) is 0 Å². The van der Waals surface area contributed by atoms with Gasteiger partial charge in [-0.25, -0.2) is 9.59 Å². The molecule has 0 fully saturated rings. The van der Waals surface area contributed by atoms with E-state index in [1.807, 2.05) is 0 Å². The number of halogens is 1. The van der Waals surface area contributed by atoms with Crippen molar-refractivity contribution in [2.75, 3.05) is 40.5 Å². The van der Waals surface area contributed by atoms with E-state index in [9.17, 15) is 14.4 Å². The Morgan fingerprint density at radius 2 is 1.91 bits per heavy atom. The highest BCUT2D eigenvalue weighted by Gasteiger charge is 2.43. The number of rotatable bonds is 11. The van der Waals surface area contributed by atoms with Gasteiger partial charge < -0.3 is 24.8 Å². The highest BCUT2D eigenvalue weighted by atomic mass is 35.5. The van der Waals surface area contributed by atoms with Gasteiger partial charge in [0, 0.05) is 36.9 Å². The quantitative estimate of drug-likeness (QED) is 0.361. The summed E-state index contributed by atoms with van der Waals surface area (Å²) in [7, 11) is 2.85. The molecule has 2 rings (SSSR count). The SMILES string of the molecule is CCOC(=O)C1=C(COCCCCNC(=O)NC)N=C(C)C(C(=O)OC)C1c1ccccc1Cl. The third kappa shape index (κ3) is 7.04. The van der Waals surface area contributed by atoms with E-state index >= 15 is 0 Å². The fourth-order valence-electron chi connectivity index (χ4n) is 3.78. The van der Waals surface area contributed by atoms with Crippen molar-refractivity contribution in [2.24, 2.45) is 10.9 Å². The molecule has 0 spiro atoms. The second-order valence-electron chi connectivity index (χ2n) is 7.60. The molecule has 186 valence electrons. The topological polar surface area (TPSA) is 115 Å². The summed E-state index contributed by atoms with van der Waals surface area (Å²) in [6, 6.07) is 6.82. The lowest BCUT2D eigenvalue weighted by Crippen LogP contribution is -2.37. The number of carbonyl (C=O) groups excluding carboxylic acids is 3. The number of nitrogens with zero attached hydrogens (tertiary/aromatic N) is 1. The van der Waals surface area contributed by atoms with Gasteiger partial charge in [-0.15, -0.1) is 0 Å². The largest absolute Gasteiger partial charge is 0.468 e. The summed E-state index contributed by atoms with van der Waals surface area (Å²) in [6.07, 6.45) is 1.43. The third-order valence-electron chi connectivity index (χ3n) is 5.37. The molecule has 1 aromatic rings. The second kappa shape index (κ2) is 13.7. The Kier molecular flexibility index (Phi) is 11.0. The fourth-order valence-corrected chi connectivity index (χ4v) is 4.03. The van der Waals surface area contributed by atoms with Crippen LogP contribution in [0.1, 0.15) is 38.2 Å². The van der Waals surface area contributed by atoms with Crippen LogP contribution in [0, 0.1) is 5.92 Å². The van der Waals surface area contributed by atoms with Gasteiger partial charge in [0.15, 0.2) is 0 Å². The Balaban J connectivity index is 2.31. The monoisotopic (exact) mass is 493 g/mol. The number of carbonyl (C=O) groups is 3. The molecule has 0 saturated carbocycles. The van der Waals surface area contributed by atoms with E-state index in [0.29, 0.717) is 41.6 Å². The Bertz CT molecular complexity index is 946. The molecule has 1 aromatic carbocycles. The van der Waals surface area contributed by atoms with Crippen molar-refractivity contribution in [1.29, 1.82) is 0 Å². The first-order valence-corrected chi connectivity index (χ1v) is 11.5. The molecule has 34 heavy (non-hydrogen) atoms. The molecular weight excluding hydrogens is 462 g/mol.